The number of hydrogen-bond donors (Lipinski definition) is 1. The van der Waals surface area contributed by atoms with E-state index < -0.39 is 0 Å². The van der Waals surface area contributed by atoms with E-state index in [0.717, 1.165) is 16.6 Å². The summed E-state index contributed by atoms with van der Waals surface area (Å²) in [6, 6.07) is 16.1. The third kappa shape index (κ3) is 1.66. The minimum absolute atomic E-state index is 0.607. The zero-order chi connectivity index (χ0) is 13.4. The van der Waals surface area contributed by atoms with Gasteiger partial charge in [-0.3, -0.25) is 0 Å². The van der Waals surface area contributed by atoms with Crippen LogP contribution in [-0.2, 0) is 0 Å². The van der Waals surface area contributed by atoms with Crippen LogP contribution in [0.15, 0.2) is 48.7 Å². The second-order valence-electron chi connectivity index (χ2n) is 4.57. The summed E-state index contributed by atoms with van der Waals surface area (Å²) in [4.78, 5) is 0. The Morgan fingerprint density at radius 2 is 1.84 bits per heavy atom. The van der Waals surface area contributed by atoms with Gasteiger partial charge in [0.1, 0.15) is 11.9 Å². The van der Waals surface area contributed by atoms with Crippen LogP contribution in [0.4, 0.5) is 5.82 Å². The molecule has 2 heterocycles. The Balaban J connectivity index is 2.38. The van der Waals surface area contributed by atoms with Gasteiger partial charge in [0.05, 0.1) is 11.1 Å². The average molecular weight is 247 g/mol. The van der Waals surface area contributed by atoms with Crippen molar-refractivity contribution in [2.75, 3.05) is 5.73 Å². The molecule has 19 heavy (non-hydrogen) atoms. The number of nitrogens with zero attached hydrogens (tertiary/aromatic N) is 2. The molecule has 0 fully saturated rings. The number of nitrogen functional groups attached to an aromatic ring is 1. The van der Waals surface area contributed by atoms with Crippen molar-refractivity contribution < 1.29 is 0 Å². The first-order chi connectivity index (χ1) is 9.22. The first-order valence-electron chi connectivity index (χ1n) is 6.08. The highest BCUT2D eigenvalue weighted by Gasteiger charge is 2.16. The standard InChI is InChI=1S/C16H13N3/c1-11-5-7-12(8-6-11)15-13(10-17)14-4-2-3-9-19(14)16(15)18/h2-9H,18H2,1H3. The Morgan fingerprint density at radius 3 is 2.53 bits per heavy atom. The molecular weight excluding hydrogens is 234 g/mol. The van der Waals surface area contributed by atoms with Crippen molar-refractivity contribution in [1.29, 1.82) is 5.26 Å². The zero-order valence-electron chi connectivity index (χ0n) is 10.6. The van der Waals surface area contributed by atoms with Crippen molar-refractivity contribution in [1.82, 2.24) is 4.40 Å². The summed E-state index contributed by atoms with van der Waals surface area (Å²) >= 11 is 0. The van der Waals surface area contributed by atoms with E-state index in [9.17, 15) is 5.26 Å². The van der Waals surface area contributed by atoms with Gasteiger partial charge in [0.25, 0.3) is 0 Å². The molecule has 0 saturated carbocycles. The predicted molar refractivity (Wildman–Crippen MR) is 76.7 cm³/mol. The Labute approximate surface area is 111 Å². The molecule has 2 aromatic heterocycles. The number of nitrogens with two attached hydrogens (primary N) is 1. The lowest BCUT2D eigenvalue weighted by Crippen LogP contribution is -1.93. The highest BCUT2D eigenvalue weighted by Crippen LogP contribution is 2.34. The second-order valence-corrected chi connectivity index (χ2v) is 4.57. The second kappa shape index (κ2) is 4.18. The molecule has 3 rings (SSSR count). The topological polar surface area (TPSA) is 54.2 Å². The minimum atomic E-state index is 0.607. The lowest BCUT2D eigenvalue weighted by molar-refractivity contribution is 1.21. The predicted octanol–water partition coefficient (Wildman–Crippen LogP) is 3.37. The summed E-state index contributed by atoms with van der Waals surface area (Å²) < 4.78 is 1.85. The molecule has 1 aromatic carbocycles. The third-order valence-electron chi connectivity index (χ3n) is 3.33. The Kier molecular flexibility index (Phi) is 2.50. The monoisotopic (exact) mass is 247 g/mol. The van der Waals surface area contributed by atoms with E-state index in [2.05, 4.69) is 6.07 Å². The molecule has 3 heteroatoms. The first-order valence-corrected chi connectivity index (χ1v) is 6.08. The Hall–Kier alpha value is -2.73. The van der Waals surface area contributed by atoms with E-state index in [1.54, 1.807) is 0 Å². The van der Waals surface area contributed by atoms with Crippen LogP contribution in [0, 0.1) is 18.3 Å². The minimum Gasteiger partial charge on any atom is -0.384 e. The third-order valence-corrected chi connectivity index (χ3v) is 3.33. The number of aryl methyl sites for hydroxylation is 1. The van der Waals surface area contributed by atoms with Gasteiger partial charge in [-0.2, -0.15) is 5.26 Å². The van der Waals surface area contributed by atoms with Crippen LogP contribution in [0.2, 0.25) is 0 Å². The van der Waals surface area contributed by atoms with Gasteiger partial charge in [0.15, 0.2) is 0 Å². The number of nitriles is 1. The molecule has 0 amide bonds. The lowest BCUT2D eigenvalue weighted by Gasteiger charge is -2.02. The number of rotatable bonds is 1. The fourth-order valence-corrected chi connectivity index (χ4v) is 2.36. The van der Waals surface area contributed by atoms with Crippen LogP contribution in [0.1, 0.15) is 11.1 Å². The van der Waals surface area contributed by atoms with Crippen molar-refractivity contribution in [3.8, 4) is 17.2 Å². The van der Waals surface area contributed by atoms with Gasteiger partial charge in [0, 0.05) is 11.8 Å². The maximum Gasteiger partial charge on any atom is 0.117 e. The van der Waals surface area contributed by atoms with Crippen LogP contribution in [0.3, 0.4) is 0 Å². The molecular formula is C16H13N3. The zero-order valence-corrected chi connectivity index (χ0v) is 10.6. The number of fused-ring (bicyclic) bond motifs is 1. The van der Waals surface area contributed by atoms with E-state index in [1.807, 2.05) is 60.0 Å². The van der Waals surface area contributed by atoms with Crippen molar-refractivity contribution in [3.63, 3.8) is 0 Å². The molecule has 3 nitrogen and oxygen atoms in total. The molecule has 0 radical (unpaired) electrons. The summed E-state index contributed by atoms with van der Waals surface area (Å²) in [7, 11) is 0. The first kappa shape index (κ1) is 11.4. The molecule has 3 aromatic rings. The molecule has 0 aliphatic heterocycles. The molecule has 0 spiro atoms. The fourth-order valence-electron chi connectivity index (χ4n) is 2.36. The van der Waals surface area contributed by atoms with E-state index in [0.29, 0.717) is 11.4 Å². The maximum atomic E-state index is 9.43. The molecule has 2 N–H and O–H groups in total. The van der Waals surface area contributed by atoms with Gasteiger partial charge in [-0.05, 0) is 24.6 Å². The van der Waals surface area contributed by atoms with Crippen molar-refractivity contribution in [2.24, 2.45) is 0 Å². The van der Waals surface area contributed by atoms with Gasteiger partial charge in [-0.25, -0.2) is 0 Å². The van der Waals surface area contributed by atoms with Crippen LogP contribution < -0.4 is 5.73 Å². The molecule has 0 unspecified atom stereocenters. The highest BCUT2D eigenvalue weighted by atomic mass is 15.0. The molecule has 0 bridgehead atoms. The molecule has 0 saturated heterocycles. The molecule has 0 aliphatic rings. The number of aromatic nitrogens is 1. The highest BCUT2D eigenvalue weighted by molar-refractivity contribution is 5.89. The summed E-state index contributed by atoms with van der Waals surface area (Å²) in [6.07, 6.45) is 1.88. The number of hydrogen-bond acceptors (Lipinski definition) is 2. The van der Waals surface area contributed by atoms with Crippen molar-refractivity contribution in [3.05, 3.63) is 59.8 Å². The number of benzene rings is 1. The van der Waals surface area contributed by atoms with E-state index in [1.165, 1.54) is 5.56 Å². The van der Waals surface area contributed by atoms with Crippen molar-refractivity contribution >= 4 is 11.3 Å². The van der Waals surface area contributed by atoms with E-state index in [4.69, 9.17) is 5.73 Å². The van der Waals surface area contributed by atoms with Gasteiger partial charge in [-0.15, -0.1) is 0 Å². The van der Waals surface area contributed by atoms with Crippen LogP contribution in [-0.4, -0.2) is 4.40 Å². The summed E-state index contributed by atoms with van der Waals surface area (Å²) in [6.45, 7) is 2.04. The number of pyridine rings is 1. The average Bonchev–Trinajstić information content (AvgIpc) is 2.73. The van der Waals surface area contributed by atoms with Crippen LogP contribution >= 0.6 is 0 Å². The number of anilines is 1. The summed E-state index contributed by atoms with van der Waals surface area (Å²) in [5.41, 5.74) is 10.6. The smallest absolute Gasteiger partial charge is 0.117 e. The normalized spacial score (nSPS) is 10.5. The van der Waals surface area contributed by atoms with Crippen LogP contribution in [0.25, 0.3) is 16.6 Å². The van der Waals surface area contributed by atoms with Gasteiger partial charge in [-0.1, -0.05) is 35.9 Å². The largest absolute Gasteiger partial charge is 0.384 e. The molecule has 0 atom stereocenters. The van der Waals surface area contributed by atoms with Gasteiger partial charge < -0.3 is 10.1 Å². The Morgan fingerprint density at radius 1 is 1.11 bits per heavy atom. The molecule has 92 valence electrons. The fraction of sp³-hybridized carbons (Fsp3) is 0.0625. The summed E-state index contributed by atoms with van der Waals surface area (Å²) in [5.74, 6) is 0.607. The van der Waals surface area contributed by atoms with E-state index >= 15 is 0 Å². The lowest BCUT2D eigenvalue weighted by atomic mass is 10.0. The van der Waals surface area contributed by atoms with Gasteiger partial charge >= 0.3 is 0 Å². The van der Waals surface area contributed by atoms with E-state index in [-0.39, 0.29) is 0 Å². The summed E-state index contributed by atoms with van der Waals surface area (Å²) in [5, 5.41) is 9.43. The van der Waals surface area contributed by atoms with Gasteiger partial charge in [0.2, 0.25) is 0 Å². The maximum absolute atomic E-state index is 9.43. The SMILES string of the molecule is Cc1ccc(-c2c(C#N)c3ccccn3c2N)cc1. The Bertz CT molecular complexity index is 789. The van der Waals surface area contributed by atoms with Crippen molar-refractivity contribution in [2.45, 2.75) is 6.92 Å². The van der Waals surface area contributed by atoms with Crippen LogP contribution in [0.5, 0.6) is 0 Å². The molecule has 0 aliphatic carbocycles. The quantitative estimate of drug-likeness (QED) is 0.716.